The molecule has 1 saturated heterocycles. The fourth-order valence-corrected chi connectivity index (χ4v) is 10.2. The molecule has 0 bridgehead atoms. The largest absolute Gasteiger partial charge is 0.466 e. The van der Waals surface area contributed by atoms with Gasteiger partial charge in [0.1, 0.15) is 24.4 Å². The standard InChI is InChI=1S/C70H125NO10/c1-3-5-7-9-11-13-14-15-31-35-38-42-46-50-54-58-66(75)79-59-55-51-47-43-39-36-33-30-28-26-24-22-20-18-16-17-19-21-23-25-27-29-32-34-37-41-45-49-53-57-65(74)71-62(63(73)56-52-48-44-40-12-10-8-6-4-2)61-80-70-69(78)68(77)67(76)64(60-72)81-70/h11-13,15-16,18,22,24,31,40,52,56,62-64,67-70,72-73,76-78H,3-10,14,17,19-21,23,25-30,32-39,41-51,53-55,57-61H2,1-2H3,(H,71,74)/b13-11-,18-16-,24-22-,31-15-,40-12+,56-52+. The number of esters is 1. The second-order valence-electron chi connectivity index (χ2n) is 23.2. The molecule has 470 valence electrons. The highest BCUT2D eigenvalue weighted by molar-refractivity contribution is 5.76. The van der Waals surface area contributed by atoms with Gasteiger partial charge in [-0.1, -0.05) is 247 Å². The molecule has 0 aromatic heterocycles. The maximum atomic E-state index is 13.0. The molecule has 0 radical (unpaired) electrons. The average Bonchev–Trinajstić information content (AvgIpc) is 3.47. The number of ether oxygens (including phenoxy) is 3. The molecule has 1 rings (SSSR count). The zero-order chi connectivity index (χ0) is 58.7. The van der Waals surface area contributed by atoms with Crippen LogP contribution in [0.1, 0.15) is 296 Å². The van der Waals surface area contributed by atoms with Gasteiger partial charge in [0.25, 0.3) is 0 Å². The van der Waals surface area contributed by atoms with Gasteiger partial charge in [-0.15, -0.1) is 0 Å². The summed E-state index contributed by atoms with van der Waals surface area (Å²) in [6, 6.07) is -0.828. The smallest absolute Gasteiger partial charge is 0.305 e. The number of rotatable bonds is 58. The van der Waals surface area contributed by atoms with E-state index in [1.54, 1.807) is 6.08 Å². The lowest BCUT2D eigenvalue weighted by atomic mass is 9.99. The van der Waals surface area contributed by atoms with Gasteiger partial charge in [-0.3, -0.25) is 9.59 Å². The Kier molecular flexibility index (Phi) is 55.3. The van der Waals surface area contributed by atoms with Crippen LogP contribution in [0.15, 0.2) is 72.9 Å². The Hall–Kier alpha value is -2.90. The highest BCUT2D eigenvalue weighted by atomic mass is 16.7. The minimum atomic E-state index is -1.58. The third kappa shape index (κ3) is 48.1. The van der Waals surface area contributed by atoms with Gasteiger partial charge in [-0.2, -0.15) is 0 Å². The molecule has 11 heteroatoms. The third-order valence-electron chi connectivity index (χ3n) is 15.5. The van der Waals surface area contributed by atoms with Crippen molar-refractivity contribution >= 4 is 11.9 Å². The number of carbonyl (C=O) groups excluding carboxylic acids is 2. The highest BCUT2D eigenvalue weighted by Gasteiger charge is 2.44. The van der Waals surface area contributed by atoms with E-state index in [2.05, 4.69) is 79.9 Å². The number of aliphatic hydroxyl groups is 5. The zero-order valence-electron chi connectivity index (χ0n) is 52.0. The van der Waals surface area contributed by atoms with E-state index in [9.17, 15) is 35.1 Å². The summed E-state index contributed by atoms with van der Waals surface area (Å²) in [7, 11) is 0. The van der Waals surface area contributed by atoms with Crippen molar-refractivity contribution in [3.8, 4) is 0 Å². The van der Waals surface area contributed by atoms with Crippen LogP contribution in [-0.4, -0.2) is 100 Å². The molecule has 0 aromatic carbocycles. The van der Waals surface area contributed by atoms with Gasteiger partial charge in [0.05, 0.1) is 32.0 Å². The first kappa shape index (κ1) is 76.1. The first-order valence-corrected chi connectivity index (χ1v) is 33.7. The molecule has 81 heavy (non-hydrogen) atoms. The van der Waals surface area contributed by atoms with Crippen molar-refractivity contribution < 1.29 is 49.3 Å². The third-order valence-corrected chi connectivity index (χ3v) is 15.5. The summed E-state index contributed by atoms with van der Waals surface area (Å²) >= 11 is 0. The van der Waals surface area contributed by atoms with E-state index in [0.717, 1.165) is 77.0 Å². The predicted molar refractivity (Wildman–Crippen MR) is 338 cm³/mol. The molecule has 0 saturated carbocycles. The van der Waals surface area contributed by atoms with Crippen LogP contribution >= 0.6 is 0 Å². The molecule has 6 N–H and O–H groups in total. The summed E-state index contributed by atoms with van der Waals surface area (Å²) in [6.45, 7) is 4.25. The predicted octanol–water partition coefficient (Wildman–Crippen LogP) is 16.7. The van der Waals surface area contributed by atoms with Crippen molar-refractivity contribution in [3.05, 3.63) is 72.9 Å². The van der Waals surface area contributed by atoms with Gasteiger partial charge < -0.3 is 45.1 Å². The van der Waals surface area contributed by atoms with Gasteiger partial charge in [0.2, 0.25) is 5.91 Å². The molecular formula is C70H125NO10. The molecular weight excluding hydrogens is 1010 g/mol. The fourth-order valence-electron chi connectivity index (χ4n) is 10.2. The van der Waals surface area contributed by atoms with Crippen LogP contribution in [0.2, 0.25) is 0 Å². The molecule has 7 atom stereocenters. The fraction of sp³-hybridized carbons (Fsp3) is 0.800. The van der Waals surface area contributed by atoms with Crippen LogP contribution < -0.4 is 5.32 Å². The number of hydrogen-bond acceptors (Lipinski definition) is 10. The molecule has 1 fully saturated rings. The molecule has 7 unspecified atom stereocenters. The lowest BCUT2D eigenvalue weighted by molar-refractivity contribution is -0.302. The van der Waals surface area contributed by atoms with E-state index in [4.69, 9.17) is 14.2 Å². The molecule has 1 aliphatic heterocycles. The number of carbonyl (C=O) groups is 2. The second kappa shape index (κ2) is 58.9. The lowest BCUT2D eigenvalue weighted by Gasteiger charge is -2.40. The van der Waals surface area contributed by atoms with Crippen molar-refractivity contribution in [1.82, 2.24) is 5.32 Å². The Balaban J connectivity index is 1.95. The number of aliphatic hydroxyl groups excluding tert-OH is 5. The molecule has 1 heterocycles. The monoisotopic (exact) mass is 1140 g/mol. The van der Waals surface area contributed by atoms with E-state index >= 15 is 0 Å². The quantitative estimate of drug-likeness (QED) is 0.0195. The average molecular weight is 1140 g/mol. The topological polar surface area (TPSA) is 175 Å². The maximum absolute atomic E-state index is 13.0. The summed E-state index contributed by atoms with van der Waals surface area (Å²) in [6.07, 6.45) is 69.0. The highest BCUT2D eigenvalue weighted by Crippen LogP contribution is 2.23. The molecule has 0 aromatic rings. The minimum Gasteiger partial charge on any atom is -0.466 e. The molecule has 0 aliphatic carbocycles. The van der Waals surface area contributed by atoms with Crippen LogP contribution in [0.25, 0.3) is 0 Å². The van der Waals surface area contributed by atoms with E-state index < -0.39 is 49.5 Å². The summed E-state index contributed by atoms with van der Waals surface area (Å²) in [4.78, 5) is 25.1. The molecule has 0 spiro atoms. The van der Waals surface area contributed by atoms with Crippen LogP contribution in [0.3, 0.4) is 0 Å². The number of amides is 1. The summed E-state index contributed by atoms with van der Waals surface area (Å²) in [5.41, 5.74) is 0. The molecule has 1 amide bonds. The van der Waals surface area contributed by atoms with E-state index in [1.165, 1.54) is 193 Å². The Labute approximate surface area is 496 Å². The van der Waals surface area contributed by atoms with E-state index in [0.29, 0.717) is 19.4 Å². The van der Waals surface area contributed by atoms with Gasteiger partial charge in [0, 0.05) is 12.8 Å². The van der Waals surface area contributed by atoms with Crippen molar-refractivity contribution in [1.29, 1.82) is 0 Å². The Morgan fingerprint density at radius 1 is 0.457 bits per heavy atom. The van der Waals surface area contributed by atoms with E-state index in [1.807, 2.05) is 6.08 Å². The number of nitrogens with one attached hydrogen (secondary N) is 1. The van der Waals surface area contributed by atoms with Crippen LogP contribution in [0.5, 0.6) is 0 Å². The normalized spacial score (nSPS) is 18.7. The van der Waals surface area contributed by atoms with Gasteiger partial charge in [-0.05, 0) is 109 Å². The molecule has 11 nitrogen and oxygen atoms in total. The minimum absolute atomic E-state index is 0.0117. The van der Waals surface area contributed by atoms with Gasteiger partial charge >= 0.3 is 5.97 Å². The maximum Gasteiger partial charge on any atom is 0.305 e. The summed E-state index contributed by atoms with van der Waals surface area (Å²) in [5.74, 6) is -0.208. The lowest BCUT2D eigenvalue weighted by Crippen LogP contribution is -2.60. The van der Waals surface area contributed by atoms with Crippen molar-refractivity contribution in [2.24, 2.45) is 0 Å². The number of hydrogen-bond donors (Lipinski definition) is 6. The van der Waals surface area contributed by atoms with Crippen LogP contribution in [-0.2, 0) is 23.8 Å². The van der Waals surface area contributed by atoms with E-state index in [-0.39, 0.29) is 18.5 Å². The van der Waals surface area contributed by atoms with Crippen molar-refractivity contribution in [2.75, 3.05) is 19.8 Å². The van der Waals surface area contributed by atoms with Crippen molar-refractivity contribution in [3.63, 3.8) is 0 Å². The Morgan fingerprint density at radius 3 is 1.30 bits per heavy atom. The van der Waals surface area contributed by atoms with Gasteiger partial charge in [0.15, 0.2) is 6.29 Å². The van der Waals surface area contributed by atoms with Crippen molar-refractivity contribution in [2.45, 2.75) is 339 Å². The van der Waals surface area contributed by atoms with Gasteiger partial charge in [-0.25, -0.2) is 0 Å². The van der Waals surface area contributed by atoms with Crippen LogP contribution in [0.4, 0.5) is 0 Å². The Bertz CT molecular complexity index is 1580. The Morgan fingerprint density at radius 2 is 0.840 bits per heavy atom. The first-order chi connectivity index (χ1) is 39.7. The zero-order valence-corrected chi connectivity index (χ0v) is 52.0. The SMILES string of the molecule is CCCCC/C=C\C/C=C\CCCCCCCC(=O)OCCCCCCCCCCC/C=C\C/C=C\CCCCCCCCCCCCCCCC(=O)NC(COC1OC(CO)C(O)C(O)C1O)C(O)/C=C/CC/C=C/CCCCC. The van der Waals surface area contributed by atoms with Crippen LogP contribution in [0, 0.1) is 0 Å². The number of unbranched alkanes of at least 4 members (excludes halogenated alkanes) is 34. The first-order valence-electron chi connectivity index (χ1n) is 33.7. The summed E-state index contributed by atoms with van der Waals surface area (Å²) < 4.78 is 16.7. The summed E-state index contributed by atoms with van der Waals surface area (Å²) in [5, 5.41) is 54.2. The molecule has 1 aliphatic rings. The second-order valence-corrected chi connectivity index (χ2v) is 23.2. The number of allylic oxidation sites excluding steroid dienone is 11.